The second-order valence-electron chi connectivity index (χ2n) is 6.06. The Morgan fingerprint density at radius 1 is 1.17 bits per heavy atom. The molecule has 2 amide bonds. The lowest BCUT2D eigenvalue weighted by Crippen LogP contribution is -2.47. The maximum Gasteiger partial charge on any atom is 0.266 e. The van der Waals surface area contributed by atoms with Crippen molar-refractivity contribution in [1.29, 1.82) is 0 Å². The van der Waals surface area contributed by atoms with Gasteiger partial charge in [-0.15, -0.1) is 11.8 Å². The minimum atomic E-state index is -1.11. The molecule has 1 spiro atoms. The molecule has 4 nitrogen and oxygen atoms in total. The number of amides is 2. The first-order chi connectivity index (χ1) is 11.4. The third kappa shape index (κ3) is 2.01. The van der Waals surface area contributed by atoms with E-state index in [4.69, 9.17) is 11.6 Å². The van der Waals surface area contributed by atoms with Gasteiger partial charge in [0.25, 0.3) is 5.91 Å². The molecule has 24 heavy (non-hydrogen) atoms. The molecule has 2 aliphatic rings. The lowest BCUT2D eigenvalue weighted by molar-refractivity contribution is -0.122. The summed E-state index contributed by atoms with van der Waals surface area (Å²) in [7, 11) is 0. The Morgan fingerprint density at radius 3 is 2.58 bits per heavy atom. The maximum atomic E-state index is 12.9. The number of hydrogen-bond acceptors (Lipinski definition) is 3. The molecule has 4 rings (SSSR count). The number of carbonyl (C=O) groups is 2. The molecule has 6 heteroatoms. The Labute approximate surface area is 149 Å². The molecule has 0 saturated carbocycles. The molecule has 1 saturated heterocycles. The lowest BCUT2D eigenvalue weighted by Gasteiger charge is -2.32. The van der Waals surface area contributed by atoms with Crippen LogP contribution in [-0.4, -0.2) is 17.1 Å². The number of rotatable bonds is 1. The fourth-order valence-electron chi connectivity index (χ4n) is 3.27. The highest BCUT2D eigenvalue weighted by Crippen LogP contribution is 2.56. The van der Waals surface area contributed by atoms with E-state index >= 15 is 0 Å². The molecule has 0 aromatic heterocycles. The maximum absolute atomic E-state index is 12.9. The van der Waals surface area contributed by atoms with Crippen LogP contribution in [0.5, 0.6) is 0 Å². The summed E-state index contributed by atoms with van der Waals surface area (Å²) in [5.74, 6) is -0.283. The highest BCUT2D eigenvalue weighted by atomic mass is 35.5. The van der Waals surface area contributed by atoms with Gasteiger partial charge in [-0.2, -0.15) is 0 Å². The van der Waals surface area contributed by atoms with Gasteiger partial charge >= 0.3 is 0 Å². The summed E-state index contributed by atoms with van der Waals surface area (Å²) in [6, 6.07) is 12.9. The van der Waals surface area contributed by atoms with E-state index in [1.165, 1.54) is 11.8 Å². The normalized spacial score (nSPS) is 25.3. The quantitative estimate of drug-likeness (QED) is 0.840. The van der Waals surface area contributed by atoms with Crippen LogP contribution in [0.2, 0.25) is 5.02 Å². The van der Waals surface area contributed by atoms with E-state index < -0.39 is 4.87 Å². The van der Waals surface area contributed by atoms with Gasteiger partial charge in [-0.25, -0.2) is 0 Å². The highest BCUT2D eigenvalue weighted by Gasteiger charge is 2.60. The molecular weight excluding hydrogens is 344 g/mol. The third-order valence-electron chi connectivity index (χ3n) is 4.43. The number of thioether (sulfide) groups is 1. The van der Waals surface area contributed by atoms with Gasteiger partial charge in [0.1, 0.15) is 0 Å². The van der Waals surface area contributed by atoms with E-state index in [0.29, 0.717) is 16.4 Å². The average Bonchev–Trinajstić information content (AvgIpc) is 2.97. The molecular formula is C18H15ClN2O2S. The Bertz CT molecular complexity index is 868. The first-order valence-electron chi connectivity index (χ1n) is 7.63. The summed E-state index contributed by atoms with van der Waals surface area (Å²) in [6.07, 6.45) is 0. The summed E-state index contributed by atoms with van der Waals surface area (Å²) in [4.78, 5) is 26.3. The minimum absolute atomic E-state index is 0.0770. The fourth-order valence-corrected chi connectivity index (χ4v) is 4.92. The van der Waals surface area contributed by atoms with Gasteiger partial charge in [-0.3, -0.25) is 14.5 Å². The van der Waals surface area contributed by atoms with E-state index in [2.05, 4.69) is 5.32 Å². The Balaban J connectivity index is 1.95. The predicted molar refractivity (Wildman–Crippen MR) is 97.5 cm³/mol. The number of benzene rings is 2. The largest absolute Gasteiger partial charge is 0.323 e. The van der Waals surface area contributed by atoms with Crippen molar-refractivity contribution in [2.45, 2.75) is 24.0 Å². The third-order valence-corrected chi connectivity index (χ3v) is 6.14. The smallest absolute Gasteiger partial charge is 0.266 e. The summed E-state index contributed by atoms with van der Waals surface area (Å²) in [6.45, 7) is 3.82. The number of carbonyl (C=O) groups excluding carboxylic acids is 2. The summed E-state index contributed by atoms with van der Waals surface area (Å²) in [5, 5.41) is 3.12. The summed E-state index contributed by atoms with van der Waals surface area (Å²) < 4.78 is 0. The molecule has 1 N–H and O–H groups in total. The topological polar surface area (TPSA) is 49.4 Å². The number of aryl methyl sites for hydroxylation is 1. The zero-order valence-electron chi connectivity index (χ0n) is 13.2. The first-order valence-corrected chi connectivity index (χ1v) is 8.89. The molecule has 2 heterocycles. The molecule has 122 valence electrons. The number of nitrogens with one attached hydrogen (secondary N) is 1. The van der Waals surface area contributed by atoms with E-state index in [1.807, 2.05) is 38.1 Å². The highest BCUT2D eigenvalue weighted by molar-refractivity contribution is 8.03. The van der Waals surface area contributed by atoms with E-state index in [9.17, 15) is 9.59 Å². The molecule has 0 bridgehead atoms. The zero-order chi connectivity index (χ0) is 17.1. The van der Waals surface area contributed by atoms with E-state index in [0.717, 1.165) is 11.1 Å². The van der Waals surface area contributed by atoms with Crippen molar-refractivity contribution >= 4 is 46.6 Å². The standard InChI is InChI=1S/C18H15ClN2O2S/c1-10-3-6-13(7-4-10)21-16(22)11(2)24-18(21)14-9-12(19)5-8-15(14)20-17(18)23/h3-9,11H,1-2H3,(H,20,23)/t11-,18+/m1/s1. The number of nitrogens with zero attached hydrogens (tertiary/aromatic N) is 1. The van der Waals surface area contributed by atoms with Gasteiger partial charge in [0.05, 0.1) is 5.25 Å². The van der Waals surface area contributed by atoms with Crippen molar-refractivity contribution < 1.29 is 9.59 Å². The molecule has 0 radical (unpaired) electrons. The van der Waals surface area contributed by atoms with Crippen LogP contribution in [0.1, 0.15) is 18.1 Å². The zero-order valence-corrected chi connectivity index (χ0v) is 14.7. The molecule has 1 fully saturated rings. The Morgan fingerprint density at radius 2 is 1.88 bits per heavy atom. The predicted octanol–water partition coefficient (Wildman–Crippen LogP) is 3.92. The minimum Gasteiger partial charge on any atom is -0.323 e. The van der Waals surface area contributed by atoms with Crippen molar-refractivity contribution in [2.24, 2.45) is 0 Å². The number of fused-ring (bicyclic) bond motifs is 2. The van der Waals surface area contributed by atoms with Gasteiger partial charge in [0.15, 0.2) is 0 Å². The first kappa shape index (κ1) is 15.5. The van der Waals surface area contributed by atoms with E-state index in [1.54, 1.807) is 23.1 Å². The van der Waals surface area contributed by atoms with Gasteiger partial charge < -0.3 is 5.32 Å². The molecule has 0 aliphatic carbocycles. The van der Waals surface area contributed by atoms with Crippen LogP contribution in [0.15, 0.2) is 42.5 Å². The number of halogens is 1. The van der Waals surface area contributed by atoms with Gasteiger partial charge in [0.2, 0.25) is 10.8 Å². The monoisotopic (exact) mass is 358 g/mol. The second-order valence-corrected chi connectivity index (χ2v) is 8.03. The Hall–Kier alpha value is -1.98. The molecule has 2 aromatic carbocycles. The van der Waals surface area contributed by atoms with Crippen LogP contribution in [-0.2, 0) is 14.5 Å². The SMILES string of the molecule is Cc1ccc(N2C(=O)[C@@H](C)S[C@@]23C(=O)Nc2ccc(Cl)cc23)cc1. The van der Waals surface area contributed by atoms with Crippen molar-refractivity contribution in [1.82, 2.24) is 0 Å². The second kappa shape index (κ2) is 5.26. The summed E-state index contributed by atoms with van der Waals surface area (Å²) in [5.41, 5.74) is 3.25. The average molecular weight is 359 g/mol. The Kier molecular flexibility index (Phi) is 3.41. The van der Waals surface area contributed by atoms with Crippen molar-refractivity contribution in [2.75, 3.05) is 10.2 Å². The van der Waals surface area contributed by atoms with Crippen LogP contribution in [0.3, 0.4) is 0 Å². The van der Waals surface area contributed by atoms with Crippen LogP contribution in [0.25, 0.3) is 0 Å². The number of anilines is 2. The van der Waals surface area contributed by atoms with Crippen LogP contribution >= 0.6 is 23.4 Å². The molecule has 0 unspecified atom stereocenters. The molecule has 2 aliphatic heterocycles. The van der Waals surface area contributed by atoms with Crippen molar-refractivity contribution in [3.63, 3.8) is 0 Å². The molecule has 2 aromatic rings. The summed E-state index contributed by atoms with van der Waals surface area (Å²) >= 11 is 7.52. The van der Waals surface area contributed by atoms with Gasteiger partial charge in [0, 0.05) is 22.0 Å². The van der Waals surface area contributed by atoms with E-state index in [-0.39, 0.29) is 17.1 Å². The van der Waals surface area contributed by atoms with Crippen LogP contribution in [0, 0.1) is 6.92 Å². The van der Waals surface area contributed by atoms with Crippen LogP contribution in [0.4, 0.5) is 11.4 Å². The van der Waals surface area contributed by atoms with Gasteiger partial charge in [-0.05, 0) is 44.2 Å². The fraction of sp³-hybridized carbons (Fsp3) is 0.222. The number of hydrogen-bond donors (Lipinski definition) is 1. The van der Waals surface area contributed by atoms with Crippen molar-refractivity contribution in [3.05, 3.63) is 58.6 Å². The lowest BCUT2D eigenvalue weighted by atomic mass is 10.0. The van der Waals surface area contributed by atoms with Crippen LogP contribution < -0.4 is 10.2 Å². The van der Waals surface area contributed by atoms with Gasteiger partial charge in [-0.1, -0.05) is 29.3 Å². The molecule has 2 atom stereocenters. The van der Waals surface area contributed by atoms with Crippen molar-refractivity contribution in [3.8, 4) is 0 Å².